The van der Waals surface area contributed by atoms with Crippen LogP contribution in [0.2, 0.25) is 5.02 Å². The zero-order chi connectivity index (χ0) is 12.3. The van der Waals surface area contributed by atoms with Crippen molar-refractivity contribution in [3.8, 4) is 11.5 Å². The summed E-state index contributed by atoms with van der Waals surface area (Å²) >= 11 is 9.44. The molecule has 1 saturated heterocycles. The standard InChI is InChI=1S/C12H14BrClO3/c1-15-11-5-9(14)4-8(6-13)12(11)17-10-2-3-16-7-10/h4-5,10H,2-3,6-7H2,1H3. The lowest BCUT2D eigenvalue weighted by Crippen LogP contribution is -2.17. The molecule has 1 aromatic carbocycles. The van der Waals surface area contributed by atoms with E-state index in [9.17, 15) is 0 Å². The van der Waals surface area contributed by atoms with Crippen LogP contribution in [-0.4, -0.2) is 26.4 Å². The number of methoxy groups -OCH3 is 1. The summed E-state index contributed by atoms with van der Waals surface area (Å²) in [6, 6.07) is 3.64. The molecule has 1 atom stereocenters. The summed E-state index contributed by atoms with van der Waals surface area (Å²) in [6.45, 7) is 1.39. The number of hydrogen-bond donors (Lipinski definition) is 0. The Morgan fingerprint density at radius 2 is 2.35 bits per heavy atom. The Morgan fingerprint density at radius 1 is 1.53 bits per heavy atom. The van der Waals surface area contributed by atoms with Gasteiger partial charge in [0.2, 0.25) is 0 Å². The van der Waals surface area contributed by atoms with Crippen LogP contribution in [0.3, 0.4) is 0 Å². The largest absolute Gasteiger partial charge is 0.493 e. The number of hydrogen-bond acceptors (Lipinski definition) is 3. The molecule has 94 valence electrons. The average Bonchev–Trinajstić information content (AvgIpc) is 2.83. The monoisotopic (exact) mass is 320 g/mol. The summed E-state index contributed by atoms with van der Waals surface area (Å²) in [5.41, 5.74) is 0.987. The summed E-state index contributed by atoms with van der Waals surface area (Å²) in [6.07, 6.45) is 1.01. The van der Waals surface area contributed by atoms with Crippen molar-refractivity contribution < 1.29 is 14.2 Å². The first-order valence-electron chi connectivity index (χ1n) is 5.41. The van der Waals surface area contributed by atoms with Crippen molar-refractivity contribution >= 4 is 27.5 Å². The van der Waals surface area contributed by atoms with Crippen LogP contribution in [0.5, 0.6) is 11.5 Å². The molecule has 5 heteroatoms. The van der Waals surface area contributed by atoms with E-state index in [0.29, 0.717) is 22.7 Å². The third kappa shape index (κ3) is 3.06. The van der Waals surface area contributed by atoms with Gasteiger partial charge in [0, 0.05) is 28.4 Å². The van der Waals surface area contributed by atoms with Crippen molar-refractivity contribution in [2.45, 2.75) is 17.9 Å². The maximum Gasteiger partial charge on any atom is 0.165 e. The second kappa shape index (κ2) is 5.94. The van der Waals surface area contributed by atoms with Gasteiger partial charge in [-0.1, -0.05) is 27.5 Å². The number of rotatable bonds is 4. The molecule has 1 aromatic rings. The fourth-order valence-corrected chi connectivity index (χ4v) is 2.43. The Labute approximate surface area is 114 Å². The molecule has 0 radical (unpaired) electrons. The minimum absolute atomic E-state index is 0.0999. The zero-order valence-corrected chi connectivity index (χ0v) is 11.9. The minimum atomic E-state index is 0.0999. The Bertz CT molecular complexity index is 366. The van der Waals surface area contributed by atoms with Crippen LogP contribution in [0.1, 0.15) is 12.0 Å². The Kier molecular flexibility index (Phi) is 4.54. The van der Waals surface area contributed by atoms with Crippen molar-refractivity contribution in [2.75, 3.05) is 20.3 Å². The summed E-state index contributed by atoms with van der Waals surface area (Å²) in [7, 11) is 1.61. The molecule has 17 heavy (non-hydrogen) atoms. The van der Waals surface area contributed by atoms with Gasteiger partial charge in [0.15, 0.2) is 11.5 Å². The molecule has 0 saturated carbocycles. The number of benzene rings is 1. The van der Waals surface area contributed by atoms with Gasteiger partial charge >= 0.3 is 0 Å². The first-order chi connectivity index (χ1) is 8.24. The molecule has 0 N–H and O–H groups in total. The van der Waals surface area contributed by atoms with E-state index in [1.807, 2.05) is 6.07 Å². The van der Waals surface area contributed by atoms with Gasteiger partial charge in [0.05, 0.1) is 20.3 Å². The van der Waals surface area contributed by atoms with E-state index in [2.05, 4.69) is 15.9 Å². The van der Waals surface area contributed by atoms with E-state index in [1.165, 1.54) is 0 Å². The summed E-state index contributed by atoms with van der Waals surface area (Å²) in [5, 5.41) is 1.32. The van der Waals surface area contributed by atoms with E-state index >= 15 is 0 Å². The number of ether oxygens (including phenoxy) is 3. The lowest BCUT2D eigenvalue weighted by atomic mass is 10.2. The van der Waals surface area contributed by atoms with Crippen molar-refractivity contribution in [1.82, 2.24) is 0 Å². The highest BCUT2D eigenvalue weighted by molar-refractivity contribution is 9.08. The van der Waals surface area contributed by atoms with E-state index in [0.717, 1.165) is 24.3 Å². The van der Waals surface area contributed by atoms with Crippen molar-refractivity contribution in [1.29, 1.82) is 0 Å². The van der Waals surface area contributed by atoms with Crippen LogP contribution in [0, 0.1) is 0 Å². The summed E-state index contributed by atoms with van der Waals surface area (Å²) in [5.74, 6) is 1.42. The first kappa shape index (κ1) is 13.0. The maximum absolute atomic E-state index is 6.02. The lowest BCUT2D eigenvalue weighted by Gasteiger charge is -2.18. The Hall–Kier alpha value is -0.450. The smallest absolute Gasteiger partial charge is 0.165 e. The third-order valence-corrected chi connectivity index (χ3v) is 3.46. The summed E-state index contributed by atoms with van der Waals surface area (Å²) < 4.78 is 16.5. The number of alkyl halides is 1. The predicted octanol–water partition coefficient (Wildman–Crippen LogP) is 3.41. The molecule has 1 aliphatic rings. The number of halogens is 2. The predicted molar refractivity (Wildman–Crippen MR) is 70.5 cm³/mol. The maximum atomic E-state index is 6.02. The first-order valence-corrected chi connectivity index (χ1v) is 6.91. The van der Waals surface area contributed by atoms with Gasteiger partial charge in [0.25, 0.3) is 0 Å². The molecule has 1 unspecified atom stereocenters. The zero-order valence-electron chi connectivity index (χ0n) is 9.54. The quantitative estimate of drug-likeness (QED) is 0.795. The highest BCUT2D eigenvalue weighted by atomic mass is 79.9. The van der Waals surface area contributed by atoms with Crippen molar-refractivity contribution in [3.05, 3.63) is 22.7 Å². The molecule has 1 fully saturated rings. The molecule has 3 nitrogen and oxygen atoms in total. The molecule has 0 bridgehead atoms. The van der Waals surface area contributed by atoms with E-state index < -0.39 is 0 Å². The summed E-state index contributed by atoms with van der Waals surface area (Å²) in [4.78, 5) is 0. The van der Waals surface area contributed by atoms with Crippen LogP contribution < -0.4 is 9.47 Å². The van der Waals surface area contributed by atoms with Crippen molar-refractivity contribution in [2.24, 2.45) is 0 Å². The van der Waals surface area contributed by atoms with Crippen LogP contribution in [-0.2, 0) is 10.1 Å². The van der Waals surface area contributed by atoms with Gasteiger partial charge in [-0.3, -0.25) is 0 Å². The van der Waals surface area contributed by atoms with Crippen molar-refractivity contribution in [3.63, 3.8) is 0 Å². The minimum Gasteiger partial charge on any atom is -0.493 e. The van der Waals surface area contributed by atoms with Gasteiger partial charge in [0.1, 0.15) is 6.10 Å². The van der Waals surface area contributed by atoms with E-state index in [1.54, 1.807) is 13.2 Å². The van der Waals surface area contributed by atoms with Gasteiger partial charge in [-0.05, 0) is 6.07 Å². The topological polar surface area (TPSA) is 27.7 Å². The van der Waals surface area contributed by atoms with Gasteiger partial charge in [-0.15, -0.1) is 0 Å². The SMILES string of the molecule is COc1cc(Cl)cc(CBr)c1OC1CCOC1. The molecule has 1 aliphatic heterocycles. The normalized spacial score (nSPS) is 19.4. The molecule has 1 heterocycles. The van der Waals surface area contributed by atoms with Crippen LogP contribution in [0.25, 0.3) is 0 Å². The third-order valence-electron chi connectivity index (χ3n) is 2.63. The van der Waals surface area contributed by atoms with E-state index in [4.69, 9.17) is 25.8 Å². The molecule has 0 aromatic heterocycles. The Balaban J connectivity index is 2.28. The fraction of sp³-hybridized carbons (Fsp3) is 0.500. The van der Waals surface area contributed by atoms with Gasteiger partial charge in [-0.25, -0.2) is 0 Å². The molecular formula is C12H14BrClO3. The van der Waals surface area contributed by atoms with Crippen LogP contribution in [0.15, 0.2) is 12.1 Å². The fourth-order valence-electron chi connectivity index (χ4n) is 1.78. The Morgan fingerprint density at radius 3 is 2.94 bits per heavy atom. The molecule has 2 rings (SSSR count). The molecule has 0 aliphatic carbocycles. The second-order valence-corrected chi connectivity index (χ2v) is 4.83. The highest BCUT2D eigenvalue weighted by Crippen LogP contribution is 2.37. The lowest BCUT2D eigenvalue weighted by molar-refractivity contribution is 0.138. The average molecular weight is 322 g/mol. The van der Waals surface area contributed by atoms with Gasteiger partial charge in [-0.2, -0.15) is 0 Å². The molecule has 0 spiro atoms. The highest BCUT2D eigenvalue weighted by Gasteiger charge is 2.21. The van der Waals surface area contributed by atoms with Crippen LogP contribution >= 0.6 is 27.5 Å². The molecular weight excluding hydrogens is 307 g/mol. The second-order valence-electron chi connectivity index (χ2n) is 3.83. The molecule has 0 amide bonds. The van der Waals surface area contributed by atoms with E-state index in [-0.39, 0.29) is 6.10 Å². The van der Waals surface area contributed by atoms with Gasteiger partial charge < -0.3 is 14.2 Å². The van der Waals surface area contributed by atoms with Crippen LogP contribution in [0.4, 0.5) is 0 Å².